The average molecular weight is 244 g/mol. The van der Waals surface area contributed by atoms with Crippen LogP contribution >= 0.6 is 0 Å². The highest BCUT2D eigenvalue weighted by molar-refractivity contribution is 7.93. The van der Waals surface area contributed by atoms with Gasteiger partial charge in [-0.3, -0.25) is 4.31 Å². The van der Waals surface area contributed by atoms with Crippen LogP contribution in [0.5, 0.6) is 5.75 Å². The Morgan fingerprint density at radius 2 is 2.12 bits per heavy atom. The number of anilines is 1. The highest BCUT2D eigenvalue weighted by atomic mass is 32.2. The molecule has 0 spiro atoms. The number of nitrogens with zero attached hydrogens (tertiary/aromatic N) is 1. The second-order valence-corrected chi connectivity index (χ2v) is 5.96. The summed E-state index contributed by atoms with van der Waals surface area (Å²) >= 11 is 0. The number of phenolic OH excluding ortho intramolecular Hbond substituents is 1. The summed E-state index contributed by atoms with van der Waals surface area (Å²) in [5, 5.41) is 8.62. The molecule has 1 unspecified atom stereocenters. The maximum absolute atomic E-state index is 11.9. The minimum Gasteiger partial charge on any atom is -0.508 e. The molecule has 0 saturated carbocycles. The molecule has 0 saturated heterocycles. The normalized spacial score (nSPS) is 13.4. The Morgan fingerprint density at radius 3 is 2.62 bits per heavy atom. The smallest absolute Gasteiger partial charge is 0.238 e. The minimum atomic E-state index is -3.46. The van der Waals surface area contributed by atoms with Crippen molar-refractivity contribution in [1.82, 2.24) is 0 Å². The lowest BCUT2D eigenvalue weighted by Crippen LogP contribution is -2.38. The van der Waals surface area contributed by atoms with Gasteiger partial charge in [-0.1, -0.05) is 6.07 Å². The number of hydrogen-bond donors (Lipinski definition) is 2. The van der Waals surface area contributed by atoms with Gasteiger partial charge in [0.2, 0.25) is 10.0 Å². The van der Waals surface area contributed by atoms with Gasteiger partial charge in [-0.2, -0.15) is 0 Å². The summed E-state index contributed by atoms with van der Waals surface area (Å²) in [4.78, 5) is 0. The Balaban J connectivity index is 3.07. The summed E-state index contributed by atoms with van der Waals surface area (Å²) in [6.07, 6.45) is 0. The fraction of sp³-hybridized carbons (Fsp3) is 0.400. The van der Waals surface area contributed by atoms with E-state index in [1.807, 2.05) is 0 Å². The van der Waals surface area contributed by atoms with Crippen molar-refractivity contribution >= 4 is 15.7 Å². The van der Waals surface area contributed by atoms with E-state index in [2.05, 4.69) is 0 Å². The number of aromatic hydroxyl groups is 1. The number of phenols is 1. The summed E-state index contributed by atoms with van der Waals surface area (Å²) in [6.45, 7) is 1.61. The van der Waals surface area contributed by atoms with Crippen molar-refractivity contribution in [2.75, 3.05) is 17.9 Å². The van der Waals surface area contributed by atoms with Gasteiger partial charge in [0.25, 0.3) is 0 Å². The molecule has 0 amide bonds. The third-order valence-electron chi connectivity index (χ3n) is 2.42. The highest BCUT2D eigenvalue weighted by Crippen LogP contribution is 2.22. The van der Waals surface area contributed by atoms with E-state index in [1.165, 1.54) is 19.2 Å². The molecule has 0 aliphatic carbocycles. The lowest BCUT2D eigenvalue weighted by molar-refractivity contribution is 0.475. The molecule has 16 heavy (non-hydrogen) atoms. The highest BCUT2D eigenvalue weighted by Gasteiger charge is 2.25. The molecular formula is C10H16N2O3S. The molecule has 1 atom stereocenters. The lowest BCUT2D eigenvalue weighted by Gasteiger charge is -2.23. The molecule has 5 nitrogen and oxygen atoms in total. The van der Waals surface area contributed by atoms with Gasteiger partial charge in [0.15, 0.2) is 0 Å². The Morgan fingerprint density at radius 1 is 1.50 bits per heavy atom. The summed E-state index contributed by atoms with van der Waals surface area (Å²) in [7, 11) is -2.02. The average Bonchev–Trinajstić information content (AvgIpc) is 2.26. The molecule has 0 bridgehead atoms. The Hall–Kier alpha value is -1.27. The van der Waals surface area contributed by atoms with Crippen molar-refractivity contribution in [1.29, 1.82) is 0 Å². The van der Waals surface area contributed by atoms with Crippen molar-refractivity contribution in [3.63, 3.8) is 0 Å². The molecule has 1 aromatic carbocycles. The first-order valence-corrected chi connectivity index (χ1v) is 6.36. The molecule has 3 N–H and O–H groups in total. The van der Waals surface area contributed by atoms with Gasteiger partial charge < -0.3 is 10.8 Å². The predicted octanol–water partition coefficient (Wildman–Crippen LogP) is 0.505. The van der Waals surface area contributed by atoms with Gasteiger partial charge in [0, 0.05) is 19.7 Å². The fourth-order valence-corrected chi connectivity index (χ4v) is 2.42. The number of benzene rings is 1. The van der Waals surface area contributed by atoms with E-state index in [9.17, 15) is 13.5 Å². The lowest BCUT2D eigenvalue weighted by atomic mass is 10.3. The van der Waals surface area contributed by atoms with Gasteiger partial charge in [-0.05, 0) is 19.1 Å². The van der Waals surface area contributed by atoms with Crippen LogP contribution in [0.4, 0.5) is 5.69 Å². The van der Waals surface area contributed by atoms with Gasteiger partial charge in [0.1, 0.15) is 5.75 Å². The molecule has 0 aromatic heterocycles. The summed E-state index contributed by atoms with van der Waals surface area (Å²) in [5.74, 6) is 0.0277. The zero-order chi connectivity index (χ0) is 12.3. The number of rotatable bonds is 4. The van der Waals surface area contributed by atoms with E-state index in [-0.39, 0.29) is 12.3 Å². The molecule has 1 rings (SSSR count). The summed E-state index contributed by atoms with van der Waals surface area (Å²) in [5.41, 5.74) is 5.77. The third-order valence-corrected chi connectivity index (χ3v) is 4.60. The largest absolute Gasteiger partial charge is 0.508 e. The van der Waals surface area contributed by atoms with Crippen molar-refractivity contribution in [3.05, 3.63) is 24.3 Å². The van der Waals surface area contributed by atoms with Crippen LogP contribution in [0.25, 0.3) is 0 Å². The van der Waals surface area contributed by atoms with Crippen LogP contribution in [0.3, 0.4) is 0 Å². The van der Waals surface area contributed by atoms with Crippen LogP contribution in [0.1, 0.15) is 6.92 Å². The number of hydrogen-bond acceptors (Lipinski definition) is 4. The van der Waals surface area contributed by atoms with Gasteiger partial charge >= 0.3 is 0 Å². The van der Waals surface area contributed by atoms with Gasteiger partial charge in [-0.25, -0.2) is 8.42 Å². The second kappa shape index (κ2) is 4.71. The second-order valence-electron chi connectivity index (χ2n) is 3.58. The van der Waals surface area contributed by atoms with Crippen molar-refractivity contribution < 1.29 is 13.5 Å². The maximum atomic E-state index is 11.9. The zero-order valence-corrected chi connectivity index (χ0v) is 10.1. The van der Waals surface area contributed by atoms with E-state index in [0.29, 0.717) is 5.69 Å². The monoisotopic (exact) mass is 244 g/mol. The van der Waals surface area contributed by atoms with Crippen LogP contribution in [-0.2, 0) is 10.0 Å². The maximum Gasteiger partial charge on any atom is 0.238 e. The fourth-order valence-electron chi connectivity index (χ4n) is 1.23. The van der Waals surface area contributed by atoms with Gasteiger partial charge in [-0.15, -0.1) is 0 Å². The quantitative estimate of drug-likeness (QED) is 0.808. The summed E-state index contributed by atoms with van der Waals surface area (Å²) in [6, 6.07) is 6.07. The van der Waals surface area contributed by atoms with E-state index in [0.717, 1.165) is 4.31 Å². The molecule has 0 radical (unpaired) electrons. The molecule has 0 fully saturated rings. The standard InChI is InChI=1S/C10H16N2O3S/c1-8(7-11)16(14,15)12(2)9-4-3-5-10(13)6-9/h3-6,8,13H,7,11H2,1-2H3. The van der Waals surface area contributed by atoms with Crippen molar-refractivity contribution in [3.8, 4) is 5.75 Å². The van der Waals surface area contributed by atoms with Crippen LogP contribution in [-0.4, -0.2) is 32.4 Å². The molecule has 1 aromatic rings. The molecule has 90 valence electrons. The summed E-state index contributed by atoms with van der Waals surface area (Å²) < 4.78 is 25.0. The Bertz CT molecular complexity index is 459. The van der Waals surface area contributed by atoms with E-state index in [1.54, 1.807) is 19.1 Å². The molecular weight excluding hydrogens is 228 g/mol. The first kappa shape index (κ1) is 12.8. The minimum absolute atomic E-state index is 0.0277. The van der Waals surface area contributed by atoms with Gasteiger partial charge in [0.05, 0.1) is 10.9 Å². The van der Waals surface area contributed by atoms with E-state index in [4.69, 9.17) is 5.73 Å². The van der Waals surface area contributed by atoms with Crippen LogP contribution < -0.4 is 10.0 Å². The molecule has 0 aliphatic heterocycles. The first-order valence-electron chi connectivity index (χ1n) is 4.86. The Kier molecular flexibility index (Phi) is 3.77. The predicted molar refractivity (Wildman–Crippen MR) is 63.9 cm³/mol. The van der Waals surface area contributed by atoms with E-state index >= 15 is 0 Å². The molecule has 6 heteroatoms. The topological polar surface area (TPSA) is 83.6 Å². The Labute approximate surface area is 95.5 Å². The van der Waals surface area contributed by atoms with E-state index < -0.39 is 15.3 Å². The van der Waals surface area contributed by atoms with Crippen LogP contribution in [0.15, 0.2) is 24.3 Å². The van der Waals surface area contributed by atoms with Crippen molar-refractivity contribution in [2.24, 2.45) is 5.73 Å². The number of nitrogens with two attached hydrogens (primary N) is 1. The van der Waals surface area contributed by atoms with Crippen molar-refractivity contribution in [2.45, 2.75) is 12.2 Å². The number of sulfonamides is 1. The zero-order valence-electron chi connectivity index (χ0n) is 9.29. The first-order chi connectivity index (χ1) is 7.39. The SMILES string of the molecule is CC(CN)S(=O)(=O)N(C)c1cccc(O)c1. The third kappa shape index (κ3) is 2.45. The van der Waals surface area contributed by atoms with Crippen LogP contribution in [0.2, 0.25) is 0 Å². The molecule has 0 heterocycles. The van der Waals surface area contributed by atoms with Crippen LogP contribution in [0, 0.1) is 0 Å². The molecule has 0 aliphatic rings.